The molecule has 25 heavy (non-hydrogen) atoms. The Morgan fingerprint density at radius 3 is 2.80 bits per heavy atom. The van der Waals surface area contributed by atoms with Crippen molar-refractivity contribution in [3.05, 3.63) is 55.6 Å². The molecule has 0 N–H and O–H groups in total. The van der Waals surface area contributed by atoms with Crippen molar-refractivity contribution in [3.63, 3.8) is 0 Å². The van der Waals surface area contributed by atoms with Crippen molar-refractivity contribution in [3.8, 4) is 0 Å². The first-order chi connectivity index (χ1) is 11.9. The molecule has 0 aliphatic carbocycles. The van der Waals surface area contributed by atoms with E-state index in [9.17, 15) is 9.59 Å². The van der Waals surface area contributed by atoms with Gasteiger partial charge in [-0.1, -0.05) is 35.5 Å². The van der Waals surface area contributed by atoms with Crippen molar-refractivity contribution < 1.29 is 4.79 Å². The molecule has 0 aliphatic rings. The number of carbonyl (C=O) groups excluding carboxylic acids is 1. The molecule has 0 unspecified atom stereocenters. The first kappa shape index (κ1) is 18.2. The lowest BCUT2D eigenvalue weighted by molar-refractivity contribution is 0.102. The molecule has 0 amide bonds. The first-order valence-electron chi connectivity index (χ1n) is 7.84. The summed E-state index contributed by atoms with van der Waals surface area (Å²) < 4.78 is 1.64. The number of ketones is 1. The molecule has 0 radical (unpaired) electrons. The van der Waals surface area contributed by atoms with Crippen molar-refractivity contribution >= 4 is 50.7 Å². The molecule has 3 rings (SSSR count). The zero-order valence-electron chi connectivity index (χ0n) is 14.1. The molecule has 7 heteroatoms. The molecule has 0 saturated carbocycles. The Bertz CT molecular complexity index is 1020. The second kappa shape index (κ2) is 7.32. The van der Waals surface area contributed by atoms with Crippen molar-refractivity contribution in [2.75, 3.05) is 5.75 Å². The summed E-state index contributed by atoms with van der Waals surface area (Å²) in [5.41, 5.74) is 1.52. The number of nitrogens with zero attached hydrogens (tertiary/aromatic N) is 2. The highest BCUT2D eigenvalue weighted by molar-refractivity contribution is 7.99. The Kier molecular flexibility index (Phi) is 5.32. The molecule has 1 aromatic carbocycles. The van der Waals surface area contributed by atoms with Gasteiger partial charge in [-0.3, -0.25) is 14.2 Å². The van der Waals surface area contributed by atoms with E-state index in [0.29, 0.717) is 27.7 Å². The van der Waals surface area contributed by atoms with Crippen LogP contribution in [0.5, 0.6) is 0 Å². The number of fused-ring (bicyclic) bond motifs is 1. The van der Waals surface area contributed by atoms with Gasteiger partial charge in [0.1, 0.15) is 4.83 Å². The summed E-state index contributed by atoms with van der Waals surface area (Å²) in [6, 6.07) is 6.88. The maximum Gasteiger partial charge on any atom is 0.263 e. The minimum Gasteiger partial charge on any atom is -0.293 e. The second-order valence-electron chi connectivity index (χ2n) is 5.63. The van der Waals surface area contributed by atoms with E-state index in [1.807, 2.05) is 20.8 Å². The monoisotopic (exact) mass is 392 g/mol. The van der Waals surface area contributed by atoms with Gasteiger partial charge in [-0.2, -0.15) is 0 Å². The Hall–Kier alpha value is -1.63. The zero-order valence-corrected chi connectivity index (χ0v) is 16.5. The van der Waals surface area contributed by atoms with Crippen LogP contribution in [0, 0.1) is 13.8 Å². The van der Waals surface area contributed by atoms with Gasteiger partial charge in [-0.25, -0.2) is 4.98 Å². The molecule has 2 aromatic heterocycles. The summed E-state index contributed by atoms with van der Waals surface area (Å²) in [5, 5.41) is 1.80. The number of carbonyl (C=O) groups is 1. The number of halogens is 1. The fraction of sp³-hybridized carbons (Fsp3) is 0.278. The number of aryl methyl sites for hydroxylation is 2. The molecule has 0 atom stereocenters. The number of thioether (sulfide) groups is 1. The SMILES string of the molecule is CCn1c(SCC(=O)c2cccc(Cl)c2)nc2sc(C)c(C)c2c1=O. The third-order valence-electron chi connectivity index (χ3n) is 4.05. The van der Waals surface area contributed by atoms with Crippen LogP contribution in [0.3, 0.4) is 0 Å². The van der Waals surface area contributed by atoms with Crippen LogP contribution in [0.15, 0.2) is 34.2 Å². The van der Waals surface area contributed by atoms with Crippen LogP contribution < -0.4 is 5.56 Å². The van der Waals surface area contributed by atoms with Crippen molar-refractivity contribution in [2.45, 2.75) is 32.5 Å². The third-order valence-corrected chi connectivity index (χ3v) is 6.36. The summed E-state index contributed by atoms with van der Waals surface area (Å²) in [4.78, 5) is 31.6. The predicted molar refractivity (Wildman–Crippen MR) is 106 cm³/mol. The molecule has 0 spiro atoms. The molecule has 0 aliphatic heterocycles. The van der Waals surface area contributed by atoms with Gasteiger partial charge in [0.25, 0.3) is 5.56 Å². The standard InChI is InChI=1S/C18H17ClN2O2S2/c1-4-21-17(23)15-10(2)11(3)25-16(15)20-18(21)24-9-14(22)12-6-5-7-13(19)8-12/h5-8H,4,9H2,1-3H3. The number of Topliss-reactive ketones (excluding diaryl/α,β-unsaturated/α-hetero) is 1. The maximum atomic E-state index is 12.8. The lowest BCUT2D eigenvalue weighted by Crippen LogP contribution is -2.22. The summed E-state index contributed by atoms with van der Waals surface area (Å²) in [6.07, 6.45) is 0. The smallest absolute Gasteiger partial charge is 0.263 e. The Balaban J connectivity index is 1.93. The Morgan fingerprint density at radius 2 is 2.12 bits per heavy atom. The number of benzene rings is 1. The maximum absolute atomic E-state index is 12.8. The molecule has 3 aromatic rings. The number of aromatic nitrogens is 2. The average Bonchev–Trinajstić information content (AvgIpc) is 2.87. The summed E-state index contributed by atoms with van der Waals surface area (Å²) in [7, 11) is 0. The molecule has 2 heterocycles. The van der Waals surface area contributed by atoms with Crippen LogP contribution in [0.1, 0.15) is 27.7 Å². The molecule has 0 fully saturated rings. The van der Waals surface area contributed by atoms with Crippen LogP contribution in [0.4, 0.5) is 0 Å². The summed E-state index contributed by atoms with van der Waals surface area (Å²) >= 11 is 8.75. The van der Waals surface area contributed by atoms with E-state index in [1.165, 1.54) is 23.1 Å². The van der Waals surface area contributed by atoms with Gasteiger partial charge in [-0.05, 0) is 38.5 Å². The number of thiophene rings is 1. The molecular weight excluding hydrogens is 376 g/mol. The van der Waals surface area contributed by atoms with Gasteiger partial charge in [0.05, 0.1) is 11.1 Å². The molecule has 0 saturated heterocycles. The lowest BCUT2D eigenvalue weighted by atomic mass is 10.1. The van der Waals surface area contributed by atoms with E-state index >= 15 is 0 Å². The van der Waals surface area contributed by atoms with Crippen molar-refractivity contribution in [1.82, 2.24) is 9.55 Å². The van der Waals surface area contributed by atoms with Crippen molar-refractivity contribution in [2.24, 2.45) is 0 Å². The third kappa shape index (κ3) is 3.52. The predicted octanol–water partition coefficient (Wildman–Crippen LogP) is 4.72. The van der Waals surface area contributed by atoms with E-state index in [4.69, 9.17) is 11.6 Å². The van der Waals surface area contributed by atoms with E-state index in [2.05, 4.69) is 4.98 Å². The van der Waals surface area contributed by atoms with Crippen LogP contribution in [-0.2, 0) is 6.54 Å². The Morgan fingerprint density at radius 1 is 1.36 bits per heavy atom. The number of rotatable bonds is 5. The second-order valence-corrected chi connectivity index (χ2v) is 8.21. The van der Waals surface area contributed by atoms with Crippen LogP contribution in [0.2, 0.25) is 5.02 Å². The quantitative estimate of drug-likeness (QED) is 0.358. The zero-order chi connectivity index (χ0) is 18.1. The van der Waals surface area contributed by atoms with E-state index in [1.54, 1.807) is 28.8 Å². The highest BCUT2D eigenvalue weighted by Crippen LogP contribution is 2.28. The normalized spacial score (nSPS) is 11.2. The average molecular weight is 393 g/mol. The largest absolute Gasteiger partial charge is 0.293 e. The highest BCUT2D eigenvalue weighted by atomic mass is 35.5. The minimum absolute atomic E-state index is 0.0351. The topological polar surface area (TPSA) is 52.0 Å². The van der Waals surface area contributed by atoms with Gasteiger partial charge in [-0.15, -0.1) is 11.3 Å². The van der Waals surface area contributed by atoms with Gasteiger partial charge >= 0.3 is 0 Å². The fourth-order valence-corrected chi connectivity index (χ4v) is 4.79. The van der Waals surface area contributed by atoms with E-state index in [0.717, 1.165) is 15.3 Å². The van der Waals surface area contributed by atoms with E-state index in [-0.39, 0.29) is 17.1 Å². The van der Waals surface area contributed by atoms with Gasteiger partial charge in [0.15, 0.2) is 10.9 Å². The van der Waals surface area contributed by atoms with Crippen LogP contribution in [0.25, 0.3) is 10.2 Å². The van der Waals surface area contributed by atoms with Gasteiger partial charge in [0.2, 0.25) is 0 Å². The van der Waals surface area contributed by atoms with E-state index < -0.39 is 0 Å². The first-order valence-corrected chi connectivity index (χ1v) is 10.0. The molecular formula is C18H17ClN2O2S2. The number of hydrogen-bond donors (Lipinski definition) is 0. The highest BCUT2D eigenvalue weighted by Gasteiger charge is 2.17. The summed E-state index contributed by atoms with van der Waals surface area (Å²) in [5.74, 6) is 0.171. The van der Waals surface area contributed by atoms with Gasteiger partial charge < -0.3 is 0 Å². The van der Waals surface area contributed by atoms with Crippen LogP contribution in [-0.4, -0.2) is 21.1 Å². The molecule has 0 bridgehead atoms. The van der Waals surface area contributed by atoms with Crippen LogP contribution >= 0.6 is 34.7 Å². The Labute approximate surface area is 158 Å². The number of hydrogen-bond acceptors (Lipinski definition) is 5. The van der Waals surface area contributed by atoms with Crippen molar-refractivity contribution in [1.29, 1.82) is 0 Å². The minimum atomic E-state index is -0.0389. The fourth-order valence-electron chi connectivity index (χ4n) is 2.57. The summed E-state index contributed by atoms with van der Waals surface area (Å²) in [6.45, 7) is 6.37. The lowest BCUT2D eigenvalue weighted by Gasteiger charge is -2.09. The molecule has 4 nitrogen and oxygen atoms in total. The molecule has 130 valence electrons. The van der Waals surface area contributed by atoms with Gasteiger partial charge in [0, 0.05) is 22.0 Å².